The van der Waals surface area contributed by atoms with Gasteiger partial charge in [-0.15, -0.1) is 0 Å². The number of hydrogen-bond donors (Lipinski definition) is 0. The minimum Gasteiger partial charge on any atom is -0.457 e. The second-order valence-corrected chi connectivity index (χ2v) is 8.68. The molecule has 0 aromatic heterocycles. The number of benzene rings is 1. The molecule has 0 saturated heterocycles. The van der Waals surface area contributed by atoms with Gasteiger partial charge in [-0.05, 0) is 30.2 Å². The van der Waals surface area contributed by atoms with E-state index in [2.05, 4.69) is 0 Å². The lowest BCUT2D eigenvalue weighted by Gasteiger charge is -2.22. The number of nitro groups is 1. The van der Waals surface area contributed by atoms with Crippen LogP contribution in [0.3, 0.4) is 0 Å². The standard InChI is InChI=1S/C23H29NO6/c1-15-11-21(25)19(20(15)13-24(28)29)12-23(27)30-14-22(26)18-9-7-17(8-10-18)16-5-3-2-4-6-16/h7-10,15-16,19-20H,2-6,11-14H2,1H3/t15-,19-,20+/m0/s1. The molecule has 2 aliphatic carbocycles. The molecule has 2 saturated carbocycles. The molecule has 2 aliphatic rings. The molecular weight excluding hydrogens is 386 g/mol. The number of nitrogens with zero attached hydrogens (tertiary/aromatic N) is 1. The van der Waals surface area contributed by atoms with Crippen molar-refractivity contribution < 1.29 is 24.0 Å². The van der Waals surface area contributed by atoms with Crippen molar-refractivity contribution in [1.82, 2.24) is 0 Å². The van der Waals surface area contributed by atoms with E-state index < -0.39 is 29.3 Å². The molecule has 0 bridgehead atoms. The Labute approximate surface area is 176 Å². The van der Waals surface area contributed by atoms with Gasteiger partial charge in [0.05, 0.1) is 6.42 Å². The van der Waals surface area contributed by atoms with E-state index in [0.717, 1.165) is 0 Å². The van der Waals surface area contributed by atoms with Gasteiger partial charge in [0.2, 0.25) is 6.54 Å². The van der Waals surface area contributed by atoms with Crippen LogP contribution in [-0.4, -0.2) is 35.6 Å². The minimum atomic E-state index is -0.706. The van der Waals surface area contributed by atoms with Crippen molar-refractivity contribution in [2.75, 3.05) is 13.2 Å². The fraction of sp³-hybridized carbons (Fsp3) is 0.609. The first-order valence-electron chi connectivity index (χ1n) is 10.8. The van der Waals surface area contributed by atoms with E-state index in [9.17, 15) is 24.5 Å². The Morgan fingerprint density at radius 1 is 1.13 bits per heavy atom. The van der Waals surface area contributed by atoms with E-state index in [-0.39, 0.29) is 36.9 Å². The van der Waals surface area contributed by atoms with E-state index in [1.165, 1.54) is 37.7 Å². The molecule has 0 unspecified atom stereocenters. The number of ether oxygens (including phenoxy) is 1. The summed E-state index contributed by atoms with van der Waals surface area (Å²) in [7, 11) is 0. The Morgan fingerprint density at radius 2 is 1.80 bits per heavy atom. The quantitative estimate of drug-likeness (QED) is 0.275. The maximum Gasteiger partial charge on any atom is 0.306 e. The number of Topliss-reactive ketones (excluding diaryl/α,β-unsaturated/α-hetero) is 2. The Bertz CT molecular complexity index is 796. The van der Waals surface area contributed by atoms with Crippen LogP contribution in [0.1, 0.15) is 73.7 Å². The molecule has 3 rings (SSSR count). The fourth-order valence-corrected chi connectivity index (χ4v) is 4.84. The molecule has 1 aromatic rings. The van der Waals surface area contributed by atoms with E-state index in [1.54, 1.807) is 19.1 Å². The van der Waals surface area contributed by atoms with Gasteiger partial charge in [-0.3, -0.25) is 24.5 Å². The van der Waals surface area contributed by atoms with Gasteiger partial charge in [-0.2, -0.15) is 0 Å². The summed E-state index contributed by atoms with van der Waals surface area (Å²) in [5, 5.41) is 10.9. The minimum absolute atomic E-state index is 0.134. The number of ketones is 2. The molecular formula is C23H29NO6. The summed E-state index contributed by atoms with van der Waals surface area (Å²) in [6, 6.07) is 7.50. The third-order valence-electron chi connectivity index (χ3n) is 6.60. The van der Waals surface area contributed by atoms with Crippen molar-refractivity contribution >= 4 is 17.5 Å². The lowest BCUT2D eigenvalue weighted by Crippen LogP contribution is -2.28. The first kappa shape index (κ1) is 22.1. The van der Waals surface area contributed by atoms with Crippen LogP contribution in [0.4, 0.5) is 0 Å². The fourth-order valence-electron chi connectivity index (χ4n) is 4.84. The van der Waals surface area contributed by atoms with Gasteiger partial charge in [-0.25, -0.2) is 0 Å². The summed E-state index contributed by atoms with van der Waals surface area (Å²) < 4.78 is 5.09. The van der Waals surface area contributed by atoms with Crippen molar-refractivity contribution in [3.63, 3.8) is 0 Å². The number of esters is 1. The Morgan fingerprint density at radius 3 is 2.43 bits per heavy atom. The van der Waals surface area contributed by atoms with Gasteiger partial charge in [0, 0.05) is 28.7 Å². The third kappa shape index (κ3) is 5.52. The molecule has 30 heavy (non-hydrogen) atoms. The predicted molar refractivity (Wildman–Crippen MR) is 110 cm³/mol. The lowest BCUT2D eigenvalue weighted by molar-refractivity contribution is -0.490. The first-order chi connectivity index (χ1) is 14.3. The summed E-state index contributed by atoms with van der Waals surface area (Å²) in [6.07, 6.45) is 6.16. The van der Waals surface area contributed by atoms with Gasteiger partial charge < -0.3 is 4.74 Å². The zero-order chi connectivity index (χ0) is 21.7. The largest absolute Gasteiger partial charge is 0.457 e. The smallest absolute Gasteiger partial charge is 0.306 e. The van der Waals surface area contributed by atoms with Crippen LogP contribution < -0.4 is 0 Å². The van der Waals surface area contributed by atoms with Gasteiger partial charge in [-0.1, -0.05) is 50.5 Å². The highest BCUT2D eigenvalue weighted by Gasteiger charge is 2.44. The normalized spacial score (nSPS) is 24.6. The van der Waals surface area contributed by atoms with Crippen LogP contribution in [-0.2, 0) is 14.3 Å². The first-order valence-corrected chi connectivity index (χ1v) is 10.8. The molecule has 0 amide bonds. The predicted octanol–water partition coefficient (Wildman–Crippen LogP) is 3.97. The van der Waals surface area contributed by atoms with Crippen molar-refractivity contribution in [1.29, 1.82) is 0 Å². The lowest BCUT2D eigenvalue weighted by atomic mass is 9.84. The van der Waals surface area contributed by atoms with Crippen LogP contribution in [0.2, 0.25) is 0 Å². The van der Waals surface area contributed by atoms with E-state index in [1.807, 2.05) is 12.1 Å². The number of hydrogen-bond acceptors (Lipinski definition) is 6. The Hall–Kier alpha value is -2.57. The van der Waals surface area contributed by atoms with Crippen molar-refractivity contribution in [2.45, 2.75) is 57.8 Å². The molecule has 0 aliphatic heterocycles. The van der Waals surface area contributed by atoms with Crippen LogP contribution in [0.25, 0.3) is 0 Å². The van der Waals surface area contributed by atoms with Crippen molar-refractivity contribution in [3.8, 4) is 0 Å². The monoisotopic (exact) mass is 415 g/mol. The molecule has 1 aromatic carbocycles. The average Bonchev–Trinajstić information content (AvgIpc) is 2.99. The molecule has 0 spiro atoms. The summed E-state index contributed by atoms with van der Waals surface area (Å²) in [5.41, 5.74) is 1.73. The highest BCUT2D eigenvalue weighted by Crippen LogP contribution is 2.36. The molecule has 7 nitrogen and oxygen atoms in total. The second-order valence-electron chi connectivity index (χ2n) is 8.68. The number of rotatable bonds is 8. The van der Waals surface area contributed by atoms with Crippen LogP contribution in [0, 0.1) is 27.9 Å². The van der Waals surface area contributed by atoms with E-state index in [4.69, 9.17) is 4.74 Å². The second kappa shape index (κ2) is 9.96. The topological polar surface area (TPSA) is 104 Å². The molecule has 0 N–H and O–H groups in total. The van der Waals surface area contributed by atoms with Gasteiger partial charge >= 0.3 is 5.97 Å². The summed E-state index contributed by atoms with van der Waals surface area (Å²) >= 11 is 0. The molecule has 7 heteroatoms. The molecule has 162 valence electrons. The summed E-state index contributed by atoms with van der Waals surface area (Å²) in [6.45, 7) is 1.06. The van der Waals surface area contributed by atoms with Gasteiger partial charge in [0.25, 0.3) is 0 Å². The Kier molecular flexibility index (Phi) is 7.34. The van der Waals surface area contributed by atoms with Gasteiger partial charge in [0.15, 0.2) is 12.4 Å². The molecule has 0 heterocycles. The maximum atomic E-state index is 12.4. The van der Waals surface area contributed by atoms with Crippen molar-refractivity contribution in [3.05, 3.63) is 45.5 Å². The van der Waals surface area contributed by atoms with Crippen molar-refractivity contribution in [2.24, 2.45) is 17.8 Å². The zero-order valence-corrected chi connectivity index (χ0v) is 17.4. The highest BCUT2D eigenvalue weighted by atomic mass is 16.6. The summed E-state index contributed by atoms with van der Waals surface area (Å²) in [4.78, 5) is 47.1. The van der Waals surface area contributed by atoms with Crippen LogP contribution >= 0.6 is 0 Å². The van der Waals surface area contributed by atoms with Gasteiger partial charge in [0.1, 0.15) is 5.78 Å². The van der Waals surface area contributed by atoms with Crippen LogP contribution in [0.15, 0.2) is 24.3 Å². The average molecular weight is 415 g/mol. The number of carbonyl (C=O) groups excluding carboxylic acids is 3. The molecule has 0 radical (unpaired) electrons. The van der Waals surface area contributed by atoms with E-state index in [0.29, 0.717) is 11.5 Å². The molecule has 3 atom stereocenters. The van der Waals surface area contributed by atoms with Crippen LogP contribution in [0.5, 0.6) is 0 Å². The summed E-state index contributed by atoms with van der Waals surface area (Å²) in [5.74, 6) is -1.86. The Balaban J connectivity index is 1.50. The third-order valence-corrected chi connectivity index (χ3v) is 6.60. The van der Waals surface area contributed by atoms with E-state index >= 15 is 0 Å². The SMILES string of the molecule is C[C@H]1CC(=O)[C@@H](CC(=O)OCC(=O)c2ccc(C3CCCCC3)cc2)[C@@H]1C[N+](=O)[O-]. The molecule has 2 fully saturated rings. The maximum absolute atomic E-state index is 12.4. The zero-order valence-electron chi connectivity index (χ0n) is 17.4. The number of carbonyl (C=O) groups is 3. The highest BCUT2D eigenvalue weighted by molar-refractivity contribution is 5.98.